The Morgan fingerprint density at radius 2 is 1.80 bits per heavy atom. The summed E-state index contributed by atoms with van der Waals surface area (Å²) in [5, 5.41) is 8.84. The van der Waals surface area contributed by atoms with E-state index in [0.29, 0.717) is 5.41 Å². The predicted molar refractivity (Wildman–Crippen MR) is 140 cm³/mol. The lowest BCUT2D eigenvalue weighted by atomic mass is 9.47. The standard InChI is InChI=1S/C31H50O4/c1-20(2)7-6-8-21(3)25-11-12-26-24-10-9-22-19-23(35-29(34)14-13-28(32)33)15-17-30(22,4)27(24)16-18-31(25,26)5/h9,20-21,23-27H,6-8,10-19H2,1-5H3,(H,32,33)/t21-,23+,24+,25-,26-,27+,30+,31-/m1/s1. The van der Waals surface area contributed by atoms with Crippen LogP contribution in [0.25, 0.3) is 0 Å². The van der Waals surface area contributed by atoms with Crippen LogP contribution >= 0.6 is 0 Å². The summed E-state index contributed by atoms with van der Waals surface area (Å²) in [4.78, 5) is 22.9. The smallest absolute Gasteiger partial charge is 0.306 e. The average molecular weight is 487 g/mol. The summed E-state index contributed by atoms with van der Waals surface area (Å²) in [7, 11) is 0. The van der Waals surface area contributed by atoms with Crippen molar-refractivity contribution in [3.8, 4) is 0 Å². The molecule has 0 aromatic rings. The molecule has 4 heteroatoms. The number of ether oxygens (including phenoxy) is 1. The van der Waals surface area contributed by atoms with Gasteiger partial charge < -0.3 is 9.84 Å². The van der Waals surface area contributed by atoms with Crippen LogP contribution in [-0.4, -0.2) is 23.1 Å². The Kier molecular flexibility index (Phi) is 8.08. The van der Waals surface area contributed by atoms with Crippen LogP contribution in [0.2, 0.25) is 0 Å². The van der Waals surface area contributed by atoms with Crippen molar-refractivity contribution >= 4 is 11.9 Å². The van der Waals surface area contributed by atoms with E-state index < -0.39 is 5.97 Å². The molecule has 3 saturated carbocycles. The fourth-order valence-electron chi connectivity index (χ4n) is 9.21. The highest BCUT2D eigenvalue weighted by molar-refractivity contribution is 5.76. The molecule has 0 heterocycles. The van der Waals surface area contributed by atoms with Crippen molar-refractivity contribution in [1.82, 2.24) is 0 Å². The van der Waals surface area contributed by atoms with Gasteiger partial charge >= 0.3 is 11.9 Å². The van der Waals surface area contributed by atoms with E-state index in [0.717, 1.165) is 54.8 Å². The number of rotatable bonds is 9. The number of aliphatic carboxylic acids is 1. The second-order valence-corrected chi connectivity index (χ2v) is 13.5. The minimum atomic E-state index is -0.942. The molecule has 0 aromatic carbocycles. The zero-order valence-electron chi connectivity index (χ0n) is 23.0. The number of allylic oxidation sites excluding steroid dienone is 1. The first-order chi connectivity index (χ1) is 16.5. The zero-order valence-corrected chi connectivity index (χ0v) is 23.0. The van der Waals surface area contributed by atoms with Crippen molar-refractivity contribution < 1.29 is 19.4 Å². The Bertz CT molecular complexity index is 815. The van der Waals surface area contributed by atoms with Gasteiger partial charge in [0.05, 0.1) is 12.8 Å². The lowest BCUT2D eigenvalue weighted by Gasteiger charge is -2.58. The molecular weight excluding hydrogens is 436 g/mol. The quantitative estimate of drug-likeness (QED) is 0.267. The van der Waals surface area contributed by atoms with Crippen LogP contribution in [0, 0.1) is 46.3 Å². The van der Waals surface area contributed by atoms with Crippen molar-refractivity contribution in [2.45, 2.75) is 124 Å². The maximum Gasteiger partial charge on any atom is 0.306 e. The van der Waals surface area contributed by atoms with E-state index in [4.69, 9.17) is 9.84 Å². The number of carbonyl (C=O) groups excluding carboxylic acids is 1. The topological polar surface area (TPSA) is 63.6 Å². The molecule has 4 nitrogen and oxygen atoms in total. The summed E-state index contributed by atoms with van der Waals surface area (Å²) in [6.45, 7) is 12.4. The fourth-order valence-corrected chi connectivity index (χ4v) is 9.21. The molecule has 0 bridgehead atoms. The van der Waals surface area contributed by atoms with Crippen molar-refractivity contribution in [2.75, 3.05) is 0 Å². The number of hydrogen-bond acceptors (Lipinski definition) is 3. The number of hydrogen-bond donors (Lipinski definition) is 1. The molecule has 198 valence electrons. The van der Waals surface area contributed by atoms with E-state index in [1.54, 1.807) is 0 Å². The molecule has 4 aliphatic rings. The summed E-state index contributed by atoms with van der Waals surface area (Å²) >= 11 is 0. The first-order valence-electron chi connectivity index (χ1n) is 14.7. The third-order valence-corrected chi connectivity index (χ3v) is 11.1. The Labute approximate surface area is 213 Å². The van der Waals surface area contributed by atoms with Crippen molar-refractivity contribution in [2.24, 2.45) is 46.3 Å². The largest absolute Gasteiger partial charge is 0.481 e. The third-order valence-electron chi connectivity index (χ3n) is 11.1. The molecule has 0 aromatic heterocycles. The lowest BCUT2D eigenvalue weighted by molar-refractivity contribution is -0.154. The molecule has 8 atom stereocenters. The van der Waals surface area contributed by atoms with Gasteiger partial charge in [0.25, 0.3) is 0 Å². The second kappa shape index (κ2) is 10.6. The molecule has 4 aliphatic carbocycles. The Morgan fingerprint density at radius 3 is 2.51 bits per heavy atom. The van der Waals surface area contributed by atoms with Gasteiger partial charge in [0.15, 0.2) is 0 Å². The van der Waals surface area contributed by atoms with Crippen molar-refractivity contribution in [3.63, 3.8) is 0 Å². The molecule has 1 N–H and O–H groups in total. The monoisotopic (exact) mass is 486 g/mol. The van der Waals surface area contributed by atoms with E-state index in [1.165, 1.54) is 56.9 Å². The van der Waals surface area contributed by atoms with Crippen LogP contribution in [0.15, 0.2) is 11.6 Å². The van der Waals surface area contributed by atoms with Gasteiger partial charge in [0.2, 0.25) is 0 Å². The molecule has 0 amide bonds. The molecule has 0 spiro atoms. The summed E-state index contributed by atoms with van der Waals surface area (Å²) in [6.07, 6.45) is 16.0. The van der Waals surface area contributed by atoms with E-state index >= 15 is 0 Å². The van der Waals surface area contributed by atoms with Crippen LogP contribution in [0.4, 0.5) is 0 Å². The molecule has 0 radical (unpaired) electrons. The van der Waals surface area contributed by atoms with Gasteiger partial charge in [-0.05, 0) is 91.3 Å². The fraction of sp³-hybridized carbons (Fsp3) is 0.871. The number of fused-ring (bicyclic) bond motifs is 5. The molecule has 3 fully saturated rings. The zero-order chi connectivity index (χ0) is 25.4. The SMILES string of the molecule is CC(C)CCC[C@@H](C)[C@H]1CC[C@@H]2[C@@H]3CC=C4C[C@@H](OC(=O)CCC(=O)O)CC[C@]4(C)[C@H]3CC[C@@]21C. The Morgan fingerprint density at radius 1 is 1.03 bits per heavy atom. The highest BCUT2D eigenvalue weighted by Gasteiger charge is 2.59. The van der Waals surface area contributed by atoms with Gasteiger partial charge in [-0.2, -0.15) is 0 Å². The highest BCUT2D eigenvalue weighted by atomic mass is 16.5. The lowest BCUT2D eigenvalue weighted by Crippen LogP contribution is -2.51. The Balaban J connectivity index is 1.40. The van der Waals surface area contributed by atoms with E-state index in [-0.39, 0.29) is 30.3 Å². The summed E-state index contributed by atoms with van der Waals surface area (Å²) in [5.74, 6) is 3.68. The summed E-state index contributed by atoms with van der Waals surface area (Å²) < 4.78 is 5.70. The van der Waals surface area contributed by atoms with Gasteiger partial charge in [-0.3, -0.25) is 9.59 Å². The maximum absolute atomic E-state index is 12.1. The van der Waals surface area contributed by atoms with Crippen LogP contribution in [-0.2, 0) is 14.3 Å². The number of carboxylic acid groups (broad SMARTS) is 1. The van der Waals surface area contributed by atoms with Gasteiger partial charge in [0.1, 0.15) is 6.10 Å². The van der Waals surface area contributed by atoms with Gasteiger partial charge in [-0.15, -0.1) is 0 Å². The first kappa shape index (κ1) is 26.7. The molecule has 35 heavy (non-hydrogen) atoms. The Hall–Kier alpha value is -1.32. The summed E-state index contributed by atoms with van der Waals surface area (Å²) in [6, 6.07) is 0. The van der Waals surface area contributed by atoms with Crippen LogP contribution < -0.4 is 0 Å². The van der Waals surface area contributed by atoms with E-state index in [1.807, 2.05) is 0 Å². The minimum Gasteiger partial charge on any atom is -0.481 e. The maximum atomic E-state index is 12.1. The van der Waals surface area contributed by atoms with Gasteiger partial charge in [-0.1, -0.05) is 65.5 Å². The third kappa shape index (κ3) is 5.37. The van der Waals surface area contributed by atoms with Gasteiger partial charge in [-0.25, -0.2) is 0 Å². The molecular formula is C31H50O4. The first-order valence-corrected chi connectivity index (χ1v) is 14.7. The van der Waals surface area contributed by atoms with Crippen molar-refractivity contribution in [1.29, 1.82) is 0 Å². The van der Waals surface area contributed by atoms with E-state index in [2.05, 4.69) is 40.7 Å². The molecule has 0 saturated heterocycles. The molecule has 4 rings (SSSR count). The number of carbonyl (C=O) groups is 2. The van der Waals surface area contributed by atoms with Crippen LogP contribution in [0.3, 0.4) is 0 Å². The molecule has 0 aliphatic heterocycles. The number of carboxylic acids is 1. The van der Waals surface area contributed by atoms with E-state index in [9.17, 15) is 9.59 Å². The average Bonchev–Trinajstić information content (AvgIpc) is 3.15. The molecule has 0 unspecified atom stereocenters. The van der Waals surface area contributed by atoms with Gasteiger partial charge in [0, 0.05) is 6.42 Å². The predicted octanol–water partition coefficient (Wildman–Crippen LogP) is 7.80. The van der Waals surface area contributed by atoms with Crippen LogP contribution in [0.1, 0.15) is 118 Å². The highest BCUT2D eigenvalue weighted by Crippen LogP contribution is 2.67. The van der Waals surface area contributed by atoms with Crippen LogP contribution in [0.5, 0.6) is 0 Å². The second-order valence-electron chi connectivity index (χ2n) is 13.5. The minimum absolute atomic E-state index is 0.0236. The normalized spacial score (nSPS) is 39.3. The van der Waals surface area contributed by atoms with Crippen molar-refractivity contribution in [3.05, 3.63) is 11.6 Å². The number of esters is 1. The summed E-state index contributed by atoms with van der Waals surface area (Å²) in [5.41, 5.74) is 2.27.